The summed E-state index contributed by atoms with van der Waals surface area (Å²) in [5.74, 6) is -2.12. The molecule has 0 fully saturated rings. The lowest BCUT2D eigenvalue weighted by molar-refractivity contribution is 0.0545. The number of aromatic amines is 1. The van der Waals surface area contributed by atoms with Crippen LogP contribution in [0.25, 0.3) is 89.7 Å². The fourth-order valence-corrected chi connectivity index (χ4v) is 9.20. The van der Waals surface area contributed by atoms with Gasteiger partial charge >= 0.3 is 23.9 Å². The van der Waals surface area contributed by atoms with Gasteiger partial charge in [-0.2, -0.15) is 4.68 Å². The van der Waals surface area contributed by atoms with Crippen molar-refractivity contribution in [2.75, 3.05) is 22.0 Å². The highest BCUT2D eigenvalue weighted by Crippen LogP contribution is 2.44. The smallest absolute Gasteiger partial charge is 0.338 e. The van der Waals surface area contributed by atoms with E-state index in [1.54, 1.807) is 127 Å². The first-order chi connectivity index (χ1) is 39.3. The highest BCUT2D eigenvalue weighted by molar-refractivity contribution is 6.17. The van der Waals surface area contributed by atoms with Crippen molar-refractivity contribution in [1.82, 2.24) is 39.6 Å². The summed E-state index contributed by atoms with van der Waals surface area (Å²) in [4.78, 5) is 112. The van der Waals surface area contributed by atoms with Crippen molar-refractivity contribution in [2.45, 2.75) is 0 Å². The Bertz CT molecular complexity index is 4470. The Hall–Kier alpha value is -11.8. The molecule has 13 rings (SSSR count). The summed E-state index contributed by atoms with van der Waals surface area (Å²) in [6, 6.07) is 57.1. The third kappa shape index (κ3) is 8.96. The first-order valence-electron chi connectivity index (χ1n) is 24.8. The Morgan fingerprint density at radius 1 is 0.362 bits per heavy atom. The SMILES string of the molecule is O=C(ONc1cc2c3nc4nc(nc5c6ccccc6c(nc6nc(nc([nH]3)c2c(NOC(=O)c2ccccc2)c1NOC(=O)c1ccccc1)-c1ccccc1-6)n5NOC(=O)c1ccccc1)-c1ccccc1-4)c1ccccc1. The highest BCUT2D eigenvalue weighted by atomic mass is 16.7. The van der Waals surface area contributed by atoms with Crippen LogP contribution in [0.3, 0.4) is 0 Å². The molecule has 0 unspecified atom stereocenters. The number of nitrogens with zero attached hydrogens (tertiary/aromatic N) is 7. The summed E-state index contributed by atoms with van der Waals surface area (Å²) in [5.41, 5.74) is 15.2. The molecule has 3 aromatic heterocycles. The molecular weight excluding hydrogens is 1020 g/mol. The lowest BCUT2D eigenvalue weighted by Crippen LogP contribution is -2.20. The van der Waals surface area contributed by atoms with E-state index in [9.17, 15) is 19.2 Å². The van der Waals surface area contributed by atoms with Crippen molar-refractivity contribution in [3.05, 3.63) is 222 Å². The minimum Gasteiger partial charge on any atom is -0.338 e. The van der Waals surface area contributed by atoms with E-state index >= 15 is 0 Å². The van der Waals surface area contributed by atoms with E-state index in [1.165, 1.54) is 4.68 Å². The number of benzene rings is 8. The van der Waals surface area contributed by atoms with Crippen LogP contribution in [0.15, 0.2) is 200 Å². The van der Waals surface area contributed by atoms with Crippen LogP contribution >= 0.6 is 0 Å². The van der Waals surface area contributed by atoms with Crippen molar-refractivity contribution in [3.8, 4) is 45.6 Å². The maximum Gasteiger partial charge on any atom is 0.364 e. The molecule has 20 heteroatoms. The van der Waals surface area contributed by atoms with Crippen LogP contribution in [-0.4, -0.2) is 63.4 Å². The van der Waals surface area contributed by atoms with Crippen molar-refractivity contribution < 1.29 is 38.5 Å². The first kappa shape index (κ1) is 47.9. The number of carbonyl (C=O) groups excluding carboxylic acids is 4. The zero-order valence-corrected chi connectivity index (χ0v) is 41.4. The average molecular weight is 1060 g/mol. The number of nitrogens with one attached hydrogen (secondary N) is 5. The van der Waals surface area contributed by atoms with E-state index in [0.717, 1.165) is 0 Å². The normalized spacial score (nSPS) is 11.2. The molecule has 0 amide bonds. The molecule has 386 valence electrons. The van der Waals surface area contributed by atoms with Crippen molar-refractivity contribution >= 4 is 85.1 Å². The third-order valence-electron chi connectivity index (χ3n) is 13.0. The van der Waals surface area contributed by atoms with Gasteiger partial charge in [0, 0.05) is 38.4 Å². The molecule has 0 saturated heterocycles. The number of anilines is 3. The number of carbonyl (C=O) groups is 4. The second-order valence-electron chi connectivity index (χ2n) is 17.9. The van der Waals surface area contributed by atoms with E-state index in [0.29, 0.717) is 44.0 Å². The van der Waals surface area contributed by atoms with Gasteiger partial charge in [0.25, 0.3) is 0 Å². The van der Waals surface area contributed by atoms with Gasteiger partial charge in [-0.25, -0.2) is 65.5 Å². The van der Waals surface area contributed by atoms with E-state index in [1.807, 2.05) is 72.8 Å². The summed E-state index contributed by atoms with van der Waals surface area (Å²) < 4.78 is 1.47. The fourth-order valence-electron chi connectivity index (χ4n) is 9.20. The molecule has 0 radical (unpaired) electrons. The van der Waals surface area contributed by atoms with Crippen LogP contribution < -0.4 is 22.0 Å². The number of hydrogen-bond donors (Lipinski definition) is 5. The molecule has 0 saturated carbocycles. The van der Waals surface area contributed by atoms with E-state index in [2.05, 4.69) is 27.0 Å². The summed E-state index contributed by atoms with van der Waals surface area (Å²) in [5, 5.41) is 1.76. The number of H-pyrrole nitrogens is 1. The van der Waals surface area contributed by atoms with E-state index < -0.39 is 23.9 Å². The van der Waals surface area contributed by atoms with Crippen molar-refractivity contribution in [2.24, 2.45) is 0 Å². The van der Waals surface area contributed by atoms with Gasteiger partial charge in [-0.3, -0.25) is 0 Å². The monoisotopic (exact) mass is 1050 g/mol. The van der Waals surface area contributed by atoms with Crippen LogP contribution in [0.4, 0.5) is 17.1 Å². The Balaban J connectivity index is 1.10. The van der Waals surface area contributed by atoms with Crippen LogP contribution in [0, 0.1) is 0 Å². The molecule has 11 aromatic rings. The minimum absolute atomic E-state index is 0.00792. The second kappa shape index (κ2) is 20.4. The molecule has 0 spiro atoms. The molecule has 2 aliphatic rings. The van der Waals surface area contributed by atoms with Gasteiger partial charge in [0.15, 0.2) is 34.6 Å². The molecule has 5 N–H and O–H groups in total. The summed E-state index contributed by atoms with van der Waals surface area (Å²) >= 11 is 0. The average Bonchev–Trinajstić information content (AvgIpc) is 4.32. The van der Waals surface area contributed by atoms with Gasteiger partial charge in [0.2, 0.25) is 0 Å². The van der Waals surface area contributed by atoms with E-state index in [4.69, 9.17) is 49.3 Å². The van der Waals surface area contributed by atoms with Crippen molar-refractivity contribution in [3.63, 3.8) is 0 Å². The molecule has 8 aromatic carbocycles. The van der Waals surface area contributed by atoms with Gasteiger partial charge in [0.1, 0.15) is 28.4 Å². The maximum atomic E-state index is 13.9. The Labute approximate surface area is 451 Å². The summed E-state index contributed by atoms with van der Waals surface area (Å²) in [6.07, 6.45) is 0. The predicted molar refractivity (Wildman–Crippen MR) is 297 cm³/mol. The maximum absolute atomic E-state index is 13.9. The molecule has 20 nitrogen and oxygen atoms in total. The zero-order valence-electron chi connectivity index (χ0n) is 41.4. The lowest BCUT2D eigenvalue weighted by Gasteiger charge is -2.19. The first-order valence-corrected chi connectivity index (χ1v) is 24.8. The van der Waals surface area contributed by atoms with Gasteiger partial charge in [-0.1, -0.05) is 146 Å². The highest BCUT2D eigenvalue weighted by Gasteiger charge is 2.28. The number of rotatable bonds is 12. The minimum atomic E-state index is -0.785. The second-order valence-corrected chi connectivity index (χ2v) is 17.9. The molecule has 5 heterocycles. The van der Waals surface area contributed by atoms with Gasteiger partial charge < -0.3 is 24.3 Å². The van der Waals surface area contributed by atoms with Gasteiger partial charge in [-0.05, 0) is 54.6 Å². The number of fused-ring (bicyclic) bond motifs is 20. The molecule has 0 aliphatic carbocycles. The topological polar surface area (TPSA) is 251 Å². The Morgan fingerprint density at radius 2 is 0.725 bits per heavy atom. The van der Waals surface area contributed by atoms with Crippen LogP contribution in [0.5, 0.6) is 0 Å². The number of aromatic nitrogens is 8. The quantitative estimate of drug-likeness (QED) is 0.0563. The van der Waals surface area contributed by atoms with Crippen LogP contribution in [0.2, 0.25) is 0 Å². The van der Waals surface area contributed by atoms with Gasteiger partial charge in [-0.15, -0.1) is 5.59 Å². The van der Waals surface area contributed by atoms with Gasteiger partial charge in [0.05, 0.1) is 27.6 Å². The summed E-state index contributed by atoms with van der Waals surface area (Å²) in [6.45, 7) is 0. The Morgan fingerprint density at radius 3 is 1.18 bits per heavy atom. The fraction of sp³-hybridized carbons (Fsp3) is 0. The number of hydrogen-bond acceptors (Lipinski definition) is 18. The molecule has 8 bridgehead atoms. The standard InChI is InChI=1S/C60H38N12O8/c73-57(34-19-5-1-6-20-34)77-68-45-33-44-46(48(70-79-59(75)36-23-9-3-10-24-36)47(45)69-78-58(74)35-21-7-2-8-22-35)54-64-50-39-28-14-16-30-41(39)52(62-50)67-56-43-32-18-17-31-42(43)55(72(56)71-80-60(76)37-25-11-4-12-26-37)66-51-40-29-15-13-27-38(40)49(61-51)63-53(44)65-54/h1-33,68-71H,(H,61,62,63,64,65,66,67). The molecule has 80 heavy (non-hydrogen) atoms. The zero-order chi connectivity index (χ0) is 54.1. The van der Waals surface area contributed by atoms with E-state index in [-0.39, 0.29) is 85.0 Å². The largest absolute Gasteiger partial charge is 0.364 e. The van der Waals surface area contributed by atoms with Crippen molar-refractivity contribution in [1.29, 1.82) is 0 Å². The van der Waals surface area contributed by atoms with Crippen LogP contribution in [-0.2, 0) is 19.4 Å². The third-order valence-corrected chi connectivity index (χ3v) is 13.0. The predicted octanol–water partition coefficient (Wildman–Crippen LogP) is 11.2. The molecular formula is C60H38N12O8. The molecule has 0 atom stereocenters. The lowest BCUT2D eigenvalue weighted by atomic mass is 10.1. The van der Waals surface area contributed by atoms with Crippen LogP contribution in [0.1, 0.15) is 41.4 Å². The summed E-state index contributed by atoms with van der Waals surface area (Å²) in [7, 11) is 0. The Kier molecular flexibility index (Phi) is 12.2. The molecule has 2 aliphatic heterocycles.